The molecule has 1 aliphatic heterocycles. The number of ketones is 1. The third-order valence-electron chi connectivity index (χ3n) is 11.0. The third-order valence-corrected chi connectivity index (χ3v) is 12.8. The molecule has 47 heavy (non-hydrogen) atoms. The summed E-state index contributed by atoms with van der Waals surface area (Å²) in [5.41, 5.74) is 3.43. The van der Waals surface area contributed by atoms with Gasteiger partial charge in [-0.3, -0.25) is 19.2 Å². The van der Waals surface area contributed by atoms with Crippen molar-refractivity contribution >= 4 is 39.4 Å². The molecule has 1 heterocycles. The van der Waals surface area contributed by atoms with E-state index >= 15 is 0 Å². The van der Waals surface area contributed by atoms with E-state index in [0.717, 1.165) is 32.1 Å². The van der Waals surface area contributed by atoms with Gasteiger partial charge in [0, 0.05) is 6.54 Å². The molecule has 4 rings (SSSR count). The first-order chi connectivity index (χ1) is 21.7. The van der Waals surface area contributed by atoms with Crippen LogP contribution in [0.25, 0.3) is 0 Å². The summed E-state index contributed by atoms with van der Waals surface area (Å²) in [5.74, 6) is -2.56. The van der Waals surface area contributed by atoms with Crippen LogP contribution in [0.2, 0.25) is 0 Å². The van der Waals surface area contributed by atoms with Crippen molar-refractivity contribution in [2.45, 2.75) is 130 Å². The fraction of sp³-hybridized carbons (Fsp3) is 0.853. The number of carbonyl (C=O) groups excluding carboxylic acids is 5. The topological polar surface area (TPSA) is 185 Å². The highest BCUT2D eigenvalue weighted by atomic mass is 32.2. The molecule has 0 spiro atoms. The lowest BCUT2D eigenvalue weighted by Gasteiger charge is -2.40. The number of sulfone groups is 1. The zero-order valence-electron chi connectivity index (χ0n) is 29.3. The Hall–Kier alpha value is -2.70. The molecule has 3 saturated carbocycles. The summed E-state index contributed by atoms with van der Waals surface area (Å²) >= 11 is 0. The van der Waals surface area contributed by atoms with Crippen molar-refractivity contribution in [2.24, 2.45) is 40.2 Å². The van der Waals surface area contributed by atoms with Crippen molar-refractivity contribution in [3.63, 3.8) is 0 Å². The second-order valence-electron chi connectivity index (χ2n) is 16.9. The first kappa shape index (κ1) is 37.1. The molecule has 1 saturated heterocycles. The van der Waals surface area contributed by atoms with E-state index in [1.54, 1.807) is 0 Å². The fourth-order valence-corrected chi connectivity index (χ4v) is 10.0. The van der Waals surface area contributed by atoms with Gasteiger partial charge in [-0.1, -0.05) is 80.6 Å². The molecule has 0 aromatic rings. The maximum Gasteiger partial charge on any atom is 0.315 e. The molecule has 4 fully saturated rings. The number of nitrogens with two attached hydrogens (primary N) is 1. The minimum absolute atomic E-state index is 0.0580. The third kappa shape index (κ3) is 8.86. The van der Waals surface area contributed by atoms with Crippen molar-refractivity contribution in [1.29, 1.82) is 0 Å². The Bertz CT molecular complexity index is 1340. The van der Waals surface area contributed by atoms with Gasteiger partial charge in [-0.25, -0.2) is 13.2 Å². The zero-order valence-corrected chi connectivity index (χ0v) is 30.1. The molecule has 5 atom stereocenters. The number of hydrogen-bond donors (Lipinski definition) is 4. The average Bonchev–Trinajstić information content (AvgIpc) is 3.80. The highest BCUT2D eigenvalue weighted by Gasteiger charge is 2.70. The SMILES string of the molecule is CC(C)CCS(=O)(=O)CC1(NC(=O)N[C@H](C(=O)N2CC3C([C@H]2C(=O)NC(CC2CC2)C(=O)C(N)=O)C3(C)C)C(C)(C)C)CCCCC1. The average molecular weight is 680 g/mol. The molecule has 266 valence electrons. The Labute approximate surface area is 280 Å². The molecular weight excluding hydrogens is 622 g/mol. The van der Waals surface area contributed by atoms with Crippen LogP contribution < -0.4 is 21.7 Å². The lowest BCUT2D eigenvalue weighted by molar-refractivity contribution is -0.145. The summed E-state index contributed by atoms with van der Waals surface area (Å²) in [4.78, 5) is 67.8. The number of likely N-dealkylation sites (tertiary alicyclic amines) is 1. The van der Waals surface area contributed by atoms with Gasteiger partial charge in [-0.2, -0.15) is 0 Å². The second-order valence-corrected chi connectivity index (χ2v) is 19.1. The number of nitrogens with one attached hydrogen (secondary N) is 3. The quantitative estimate of drug-likeness (QED) is 0.203. The van der Waals surface area contributed by atoms with E-state index in [2.05, 4.69) is 16.0 Å². The van der Waals surface area contributed by atoms with Crippen LogP contribution in [-0.4, -0.2) is 84.6 Å². The van der Waals surface area contributed by atoms with Gasteiger partial charge in [0.2, 0.25) is 17.6 Å². The van der Waals surface area contributed by atoms with E-state index in [1.165, 1.54) is 4.90 Å². The largest absolute Gasteiger partial charge is 0.363 e. The monoisotopic (exact) mass is 679 g/mol. The molecule has 12 nitrogen and oxygen atoms in total. The van der Waals surface area contributed by atoms with Gasteiger partial charge in [0.25, 0.3) is 5.91 Å². The molecule has 0 aromatic carbocycles. The summed E-state index contributed by atoms with van der Waals surface area (Å²) in [5, 5.41) is 8.65. The van der Waals surface area contributed by atoms with Crippen LogP contribution >= 0.6 is 0 Å². The van der Waals surface area contributed by atoms with Crippen molar-refractivity contribution in [1.82, 2.24) is 20.9 Å². The maximum absolute atomic E-state index is 14.4. The van der Waals surface area contributed by atoms with Gasteiger partial charge in [0.05, 0.1) is 23.1 Å². The van der Waals surface area contributed by atoms with Crippen LogP contribution in [0.4, 0.5) is 4.79 Å². The fourth-order valence-electron chi connectivity index (χ4n) is 7.83. The number of piperidine rings is 1. The van der Waals surface area contributed by atoms with Crippen LogP contribution in [0.5, 0.6) is 0 Å². The normalized spacial score (nSPS) is 26.1. The highest BCUT2D eigenvalue weighted by Crippen LogP contribution is 2.65. The molecule has 0 radical (unpaired) electrons. The molecule has 5 N–H and O–H groups in total. The predicted octanol–water partition coefficient (Wildman–Crippen LogP) is 2.69. The molecule has 5 amide bonds. The van der Waals surface area contributed by atoms with Gasteiger partial charge < -0.3 is 26.6 Å². The minimum Gasteiger partial charge on any atom is -0.363 e. The predicted molar refractivity (Wildman–Crippen MR) is 179 cm³/mol. The molecule has 3 unspecified atom stereocenters. The molecular formula is C34H57N5O7S. The van der Waals surface area contributed by atoms with E-state index < -0.39 is 68.5 Å². The molecule has 0 aromatic heterocycles. The summed E-state index contributed by atoms with van der Waals surface area (Å²) in [6.07, 6.45) is 6.33. The molecule has 0 bridgehead atoms. The van der Waals surface area contributed by atoms with Crippen LogP contribution in [0.1, 0.15) is 106 Å². The van der Waals surface area contributed by atoms with Gasteiger partial charge in [-0.15, -0.1) is 0 Å². The van der Waals surface area contributed by atoms with Crippen LogP contribution in [-0.2, 0) is 29.0 Å². The van der Waals surface area contributed by atoms with Gasteiger partial charge in [-0.05, 0) is 60.2 Å². The van der Waals surface area contributed by atoms with Crippen molar-refractivity contribution in [2.75, 3.05) is 18.1 Å². The number of primary amides is 1. The van der Waals surface area contributed by atoms with E-state index in [1.807, 2.05) is 48.5 Å². The number of carbonyl (C=O) groups is 5. The lowest BCUT2D eigenvalue weighted by Crippen LogP contribution is -2.64. The Kier molecular flexibility index (Phi) is 10.8. The number of rotatable bonds is 14. The number of fused-ring (bicyclic) bond motifs is 1. The van der Waals surface area contributed by atoms with E-state index in [9.17, 15) is 32.4 Å². The van der Waals surface area contributed by atoms with E-state index in [4.69, 9.17) is 5.73 Å². The summed E-state index contributed by atoms with van der Waals surface area (Å²) in [7, 11) is -3.44. The van der Waals surface area contributed by atoms with Crippen molar-refractivity contribution < 1.29 is 32.4 Å². The minimum atomic E-state index is -3.44. The summed E-state index contributed by atoms with van der Waals surface area (Å²) in [6, 6.07) is -3.56. The molecule has 13 heteroatoms. The Morgan fingerprint density at radius 1 is 0.979 bits per heavy atom. The standard InChI is InChI=1S/C34H57N5O7S/c1-20(2)13-16-47(45,46)19-34(14-9-8-10-15-34)38-31(44)37-27(32(3,4)5)30(43)39-18-22-24(33(22,6)7)25(39)29(42)36-23(17-21-11-12-21)26(40)28(35)41/h20-25,27H,8-19H2,1-7H3,(H2,35,41)(H,36,42)(H2,37,38,44)/t22?,23?,24?,25-,27+/m0/s1. The first-order valence-corrected chi connectivity index (χ1v) is 19.2. The van der Waals surface area contributed by atoms with Crippen molar-refractivity contribution in [3.8, 4) is 0 Å². The first-order valence-electron chi connectivity index (χ1n) is 17.4. The Balaban J connectivity index is 1.52. The van der Waals surface area contributed by atoms with Crippen LogP contribution in [0.15, 0.2) is 0 Å². The van der Waals surface area contributed by atoms with E-state index in [0.29, 0.717) is 32.2 Å². The number of amides is 5. The van der Waals surface area contributed by atoms with Gasteiger partial charge >= 0.3 is 6.03 Å². The zero-order chi connectivity index (χ0) is 35.1. The summed E-state index contributed by atoms with van der Waals surface area (Å²) in [6.45, 7) is 13.9. The Morgan fingerprint density at radius 2 is 1.60 bits per heavy atom. The lowest BCUT2D eigenvalue weighted by atomic mass is 9.83. The second kappa shape index (κ2) is 13.7. The van der Waals surface area contributed by atoms with Gasteiger partial charge in [0.15, 0.2) is 9.84 Å². The highest BCUT2D eigenvalue weighted by molar-refractivity contribution is 7.91. The molecule has 4 aliphatic rings. The smallest absolute Gasteiger partial charge is 0.315 e. The molecule has 3 aliphatic carbocycles. The Morgan fingerprint density at radius 3 is 2.13 bits per heavy atom. The van der Waals surface area contributed by atoms with Gasteiger partial charge in [0.1, 0.15) is 12.1 Å². The summed E-state index contributed by atoms with van der Waals surface area (Å²) < 4.78 is 26.3. The number of Topliss-reactive ketones (excluding diaryl/α,β-unsaturated/α-hetero) is 1. The van der Waals surface area contributed by atoms with E-state index in [-0.39, 0.29) is 40.6 Å². The van der Waals surface area contributed by atoms with Crippen LogP contribution in [0, 0.1) is 34.5 Å². The van der Waals surface area contributed by atoms with Crippen molar-refractivity contribution in [3.05, 3.63) is 0 Å². The number of nitrogens with zero attached hydrogens (tertiary/aromatic N) is 1. The number of urea groups is 1. The van der Waals surface area contributed by atoms with Crippen LogP contribution in [0.3, 0.4) is 0 Å². The maximum atomic E-state index is 14.4. The number of hydrogen-bond acceptors (Lipinski definition) is 7.